The number of aromatic nitrogens is 2. The van der Waals surface area contributed by atoms with E-state index in [0.717, 1.165) is 42.1 Å². The lowest BCUT2D eigenvalue weighted by molar-refractivity contribution is 0.659. The van der Waals surface area contributed by atoms with E-state index in [9.17, 15) is 0 Å². The van der Waals surface area contributed by atoms with Crippen LogP contribution in [0.25, 0.3) is 10.9 Å². The van der Waals surface area contributed by atoms with Crippen LogP contribution >= 0.6 is 0 Å². The third-order valence-corrected chi connectivity index (χ3v) is 3.44. The molecule has 0 amide bonds. The van der Waals surface area contributed by atoms with Crippen molar-refractivity contribution in [2.75, 3.05) is 18.4 Å². The molecule has 1 aliphatic carbocycles. The van der Waals surface area contributed by atoms with Crippen molar-refractivity contribution in [3.8, 4) is 6.07 Å². The summed E-state index contributed by atoms with van der Waals surface area (Å²) in [5.41, 5.74) is 1.97. The molecule has 0 atom stereocenters. The molecule has 1 fully saturated rings. The SMILES string of the molecule is N#Cc1nnc2ccccc2c1NCCCNC1CC1. The van der Waals surface area contributed by atoms with Gasteiger partial charge in [-0.15, -0.1) is 10.2 Å². The zero-order valence-electron chi connectivity index (χ0n) is 11.3. The molecule has 1 aliphatic rings. The second-order valence-corrected chi connectivity index (χ2v) is 5.06. The lowest BCUT2D eigenvalue weighted by Gasteiger charge is -2.10. The molecule has 5 nitrogen and oxygen atoms in total. The molecule has 2 aromatic rings. The van der Waals surface area contributed by atoms with Gasteiger partial charge in [-0.1, -0.05) is 18.2 Å². The summed E-state index contributed by atoms with van der Waals surface area (Å²) < 4.78 is 0. The number of nitrogens with zero attached hydrogens (tertiary/aromatic N) is 3. The van der Waals surface area contributed by atoms with Gasteiger partial charge in [-0.05, 0) is 31.9 Å². The van der Waals surface area contributed by atoms with Crippen molar-refractivity contribution < 1.29 is 0 Å². The van der Waals surface area contributed by atoms with Crippen molar-refractivity contribution in [2.45, 2.75) is 25.3 Å². The monoisotopic (exact) mass is 267 g/mol. The van der Waals surface area contributed by atoms with Gasteiger partial charge in [0.05, 0.1) is 11.2 Å². The van der Waals surface area contributed by atoms with Gasteiger partial charge in [0.1, 0.15) is 6.07 Å². The topological polar surface area (TPSA) is 73.6 Å². The van der Waals surface area contributed by atoms with Crippen molar-refractivity contribution in [3.63, 3.8) is 0 Å². The molecule has 0 unspecified atom stereocenters. The van der Waals surface area contributed by atoms with E-state index in [1.165, 1.54) is 12.8 Å². The number of hydrogen-bond donors (Lipinski definition) is 2. The molecule has 2 N–H and O–H groups in total. The summed E-state index contributed by atoms with van der Waals surface area (Å²) in [5.74, 6) is 0. The maximum atomic E-state index is 9.16. The fraction of sp³-hybridized carbons (Fsp3) is 0.400. The van der Waals surface area contributed by atoms with E-state index in [1.54, 1.807) is 0 Å². The summed E-state index contributed by atoms with van der Waals surface area (Å²) >= 11 is 0. The van der Waals surface area contributed by atoms with Crippen LogP contribution < -0.4 is 10.6 Å². The van der Waals surface area contributed by atoms with Gasteiger partial charge >= 0.3 is 0 Å². The van der Waals surface area contributed by atoms with Gasteiger partial charge in [0, 0.05) is 18.0 Å². The zero-order valence-corrected chi connectivity index (χ0v) is 11.3. The van der Waals surface area contributed by atoms with Gasteiger partial charge in [0.15, 0.2) is 5.69 Å². The normalized spacial score (nSPS) is 14.2. The minimum absolute atomic E-state index is 0.360. The molecule has 20 heavy (non-hydrogen) atoms. The number of nitrogens with one attached hydrogen (secondary N) is 2. The van der Waals surface area contributed by atoms with Crippen molar-refractivity contribution in [1.82, 2.24) is 15.5 Å². The first-order valence-electron chi connectivity index (χ1n) is 7.01. The standard InChI is InChI=1S/C15H17N5/c16-10-14-15(18-9-3-8-17-11-6-7-11)12-4-1-2-5-13(12)19-20-14/h1-2,4-5,11,17H,3,6-9H2,(H,18,19). The largest absolute Gasteiger partial charge is 0.382 e. The second kappa shape index (κ2) is 5.85. The van der Waals surface area contributed by atoms with Gasteiger partial charge in [-0.3, -0.25) is 0 Å². The Hall–Kier alpha value is -2.19. The van der Waals surface area contributed by atoms with E-state index in [4.69, 9.17) is 5.26 Å². The molecule has 102 valence electrons. The maximum Gasteiger partial charge on any atom is 0.186 e. The molecule has 1 heterocycles. The number of hydrogen-bond acceptors (Lipinski definition) is 5. The van der Waals surface area contributed by atoms with Crippen LogP contribution in [0.3, 0.4) is 0 Å². The predicted octanol–water partition coefficient (Wildman–Crippen LogP) is 2.06. The van der Waals surface area contributed by atoms with E-state index in [0.29, 0.717) is 5.69 Å². The number of fused-ring (bicyclic) bond motifs is 1. The maximum absolute atomic E-state index is 9.16. The molecule has 5 heteroatoms. The summed E-state index contributed by atoms with van der Waals surface area (Å²) in [4.78, 5) is 0. The Balaban J connectivity index is 1.69. The van der Waals surface area contributed by atoms with Crippen molar-refractivity contribution >= 4 is 16.6 Å². The Labute approximate surface area is 118 Å². The number of nitriles is 1. The highest BCUT2D eigenvalue weighted by Crippen LogP contribution is 2.23. The quantitative estimate of drug-likeness (QED) is 0.784. The lowest BCUT2D eigenvalue weighted by atomic mass is 10.1. The molecular weight excluding hydrogens is 250 g/mol. The first kappa shape index (κ1) is 12.8. The first-order chi connectivity index (χ1) is 9.88. The molecule has 0 aliphatic heterocycles. The molecule has 0 saturated heterocycles. The van der Waals surface area contributed by atoms with Crippen LogP contribution in [0.15, 0.2) is 24.3 Å². The van der Waals surface area contributed by atoms with E-state index in [2.05, 4.69) is 26.9 Å². The van der Waals surface area contributed by atoms with E-state index < -0.39 is 0 Å². The second-order valence-electron chi connectivity index (χ2n) is 5.06. The minimum Gasteiger partial charge on any atom is -0.382 e. The zero-order chi connectivity index (χ0) is 13.8. The Bertz CT molecular complexity index is 642. The highest BCUT2D eigenvalue weighted by atomic mass is 15.1. The Morgan fingerprint density at radius 2 is 2.05 bits per heavy atom. The van der Waals surface area contributed by atoms with Gasteiger partial charge in [-0.25, -0.2) is 0 Å². The summed E-state index contributed by atoms with van der Waals surface area (Å²) in [6.45, 7) is 1.83. The van der Waals surface area contributed by atoms with Gasteiger partial charge in [-0.2, -0.15) is 5.26 Å². The molecule has 0 radical (unpaired) electrons. The van der Waals surface area contributed by atoms with Gasteiger partial charge < -0.3 is 10.6 Å². The molecule has 1 aromatic carbocycles. The van der Waals surface area contributed by atoms with Crippen LogP contribution in [-0.2, 0) is 0 Å². The summed E-state index contributed by atoms with van der Waals surface area (Å²) in [6.07, 6.45) is 3.65. The highest BCUT2D eigenvalue weighted by molar-refractivity contribution is 5.92. The third kappa shape index (κ3) is 2.86. The first-order valence-corrected chi connectivity index (χ1v) is 7.01. The van der Waals surface area contributed by atoms with Crippen LogP contribution in [0.2, 0.25) is 0 Å². The molecule has 1 aromatic heterocycles. The number of rotatable bonds is 6. The summed E-state index contributed by atoms with van der Waals surface area (Å²) in [5, 5.41) is 25.0. The van der Waals surface area contributed by atoms with Gasteiger partial charge in [0.25, 0.3) is 0 Å². The van der Waals surface area contributed by atoms with Crippen LogP contribution in [0, 0.1) is 11.3 Å². The molecule has 3 rings (SSSR count). The highest BCUT2D eigenvalue weighted by Gasteiger charge is 2.19. The Morgan fingerprint density at radius 1 is 1.20 bits per heavy atom. The molecule has 0 spiro atoms. The fourth-order valence-corrected chi connectivity index (χ4v) is 2.21. The number of benzene rings is 1. The average molecular weight is 267 g/mol. The van der Waals surface area contributed by atoms with Crippen molar-refractivity contribution in [2.24, 2.45) is 0 Å². The molecular formula is C15H17N5. The minimum atomic E-state index is 0.360. The lowest BCUT2D eigenvalue weighted by Crippen LogP contribution is -2.20. The number of anilines is 1. The van der Waals surface area contributed by atoms with Crippen LogP contribution in [0.4, 0.5) is 5.69 Å². The van der Waals surface area contributed by atoms with Crippen molar-refractivity contribution in [1.29, 1.82) is 5.26 Å². The molecule has 1 saturated carbocycles. The Kier molecular flexibility index (Phi) is 3.75. The molecule has 0 bridgehead atoms. The summed E-state index contributed by atoms with van der Waals surface area (Å²) in [6, 6.07) is 10.6. The Morgan fingerprint density at radius 3 is 2.85 bits per heavy atom. The predicted molar refractivity (Wildman–Crippen MR) is 78.4 cm³/mol. The smallest absolute Gasteiger partial charge is 0.186 e. The van der Waals surface area contributed by atoms with Crippen LogP contribution in [0.5, 0.6) is 0 Å². The van der Waals surface area contributed by atoms with Crippen LogP contribution in [0.1, 0.15) is 25.0 Å². The van der Waals surface area contributed by atoms with Crippen molar-refractivity contribution in [3.05, 3.63) is 30.0 Å². The third-order valence-electron chi connectivity index (χ3n) is 3.44. The van der Waals surface area contributed by atoms with E-state index in [-0.39, 0.29) is 0 Å². The van der Waals surface area contributed by atoms with E-state index in [1.807, 2.05) is 24.3 Å². The van der Waals surface area contributed by atoms with E-state index >= 15 is 0 Å². The fourth-order valence-electron chi connectivity index (χ4n) is 2.21. The van der Waals surface area contributed by atoms with Crippen LogP contribution in [-0.4, -0.2) is 29.3 Å². The summed E-state index contributed by atoms with van der Waals surface area (Å²) in [7, 11) is 0. The average Bonchev–Trinajstić information content (AvgIpc) is 3.31. The van der Waals surface area contributed by atoms with Gasteiger partial charge in [0.2, 0.25) is 0 Å².